The van der Waals surface area contributed by atoms with Crippen molar-refractivity contribution in [3.8, 4) is 0 Å². The molecule has 0 aliphatic carbocycles. The maximum atomic E-state index is 5.67. The summed E-state index contributed by atoms with van der Waals surface area (Å²) in [4.78, 5) is 11.5. The molecule has 2 aromatic rings. The van der Waals surface area contributed by atoms with Crippen LogP contribution in [0.15, 0.2) is 28.7 Å². The SMILES string of the molecule is Nc1nc(Cl)nc(NCc2cccc(Br)c2)n1. The highest BCUT2D eigenvalue weighted by Gasteiger charge is 2.02. The van der Waals surface area contributed by atoms with Gasteiger partial charge in [-0.2, -0.15) is 15.0 Å². The monoisotopic (exact) mass is 313 g/mol. The Balaban J connectivity index is 2.07. The molecule has 0 saturated heterocycles. The molecular formula is C10H9BrClN5. The first-order valence-corrected chi connectivity index (χ1v) is 5.96. The highest BCUT2D eigenvalue weighted by Crippen LogP contribution is 2.13. The second-order valence-electron chi connectivity index (χ2n) is 3.27. The quantitative estimate of drug-likeness (QED) is 0.910. The fourth-order valence-electron chi connectivity index (χ4n) is 1.27. The molecule has 0 aliphatic rings. The second-order valence-corrected chi connectivity index (χ2v) is 4.52. The molecule has 1 heterocycles. The van der Waals surface area contributed by atoms with Gasteiger partial charge in [0.1, 0.15) is 0 Å². The number of anilines is 2. The van der Waals surface area contributed by atoms with Gasteiger partial charge < -0.3 is 11.1 Å². The largest absolute Gasteiger partial charge is 0.368 e. The van der Waals surface area contributed by atoms with Gasteiger partial charge in [-0.15, -0.1) is 0 Å². The van der Waals surface area contributed by atoms with Crippen molar-refractivity contribution >= 4 is 39.4 Å². The zero-order valence-corrected chi connectivity index (χ0v) is 11.0. The first-order chi connectivity index (χ1) is 8.13. The summed E-state index contributed by atoms with van der Waals surface area (Å²) in [6, 6.07) is 7.90. The summed E-state index contributed by atoms with van der Waals surface area (Å²) in [5, 5.41) is 3.10. The molecule has 0 spiro atoms. The highest BCUT2D eigenvalue weighted by molar-refractivity contribution is 9.10. The summed E-state index contributed by atoms with van der Waals surface area (Å²) in [5.74, 6) is 0.462. The van der Waals surface area contributed by atoms with Crippen molar-refractivity contribution in [2.24, 2.45) is 0 Å². The number of nitrogen functional groups attached to an aromatic ring is 1. The molecule has 88 valence electrons. The fraction of sp³-hybridized carbons (Fsp3) is 0.100. The predicted molar refractivity (Wildman–Crippen MR) is 70.7 cm³/mol. The molecule has 3 N–H and O–H groups in total. The van der Waals surface area contributed by atoms with Gasteiger partial charge in [-0.25, -0.2) is 0 Å². The lowest BCUT2D eigenvalue weighted by atomic mass is 10.2. The smallest absolute Gasteiger partial charge is 0.229 e. The van der Waals surface area contributed by atoms with Gasteiger partial charge in [-0.1, -0.05) is 28.1 Å². The number of benzene rings is 1. The molecule has 0 atom stereocenters. The molecule has 0 amide bonds. The van der Waals surface area contributed by atoms with Crippen LogP contribution >= 0.6 is 27.5 Å². The molecule has 17 heavy (non-hydrogen) atoms. The molecule has 7 heteroatoms. The van der Waals surface area contributed by atoms with Crippen LogP contribution in [0.2, 0.25) is 5.28 Å². The van der Waals surface area contributed by atoms with E-state index in [0.29, 0.717) is 12.5 Å². The average Bonchev–Trinajstić information content (AvgIpc) is 2.25. The maximum absolute atomic E-state index is 5.67. The van der Waals surface area contributed by atoms with Gasteiger partial charge in [-0.3, -0.25) is 0 Å². The van der Waals surface area contributed by atoms with E-state index in [0.717, 1.165) is 10.0 Å². The van der Waals surface area contributed by atoms with Gasteiger partial charge in [-0.05, 0) is 29.3 Å². The molecule has 0 fully saturated rings. The molecule has 0 bridgehead atoms. The molecule has 0 radical (unpaired) electrons. The summed E-state index contributed by atoms with van der Waals surface area (Å²) in [5.41, 5.74) is 6.55. The lowest BCUT2D eigenvalue weighted by molar-refractivity contribution is 1.01. The van der Waals surface area contributed by atoms with Crippen molar-refractivity contribution in [2.45, 2.75) is 6.54 Å². The third-order valence-corrected chi connectivity index (χ3v) is 2.63. The molecule has 1 aromatic heterocycles. The molecule has 0 unspecified atom stereocenters. The van der Waals surface area contributed by atoms with Crippen molar-refractivity contribution in [3.63, 3.8) is 0 Å². The first-order valence-electron chi connectivity index (χ1n) is 4.79. The van der Waals surface area contributed by atoms with E-state index in [4.69, 9.17) is 17.3 Å². The summed E-state index contributed by atoms with van der Waals surface area (Å²) in [6.45, 7) is 0.583. The Hall–Kier alpha value is -1.40. The van der Waals surface area contributed by atoms with Gasteiger partial charge in [0.05, 0.1) is 0 Å². The first kappa shape index (κ1) is 12.1. The van der Waals surface area contributed by atoms with E-state index in [9.17, 15) is 0 Å². The number of hydrogen-bond donors (Lipinski definition) is 2. The van der Waals surface area contributed by atoms with E-state index in [-0.39, 0.29) is 11.2 Å². The third-order valence-electron chi connectivity index (χ3n) is 1.97. The van der Waals surface area contributed by atoms with Gasteiger partial charge in [0, 0.05) is 11.0 Å². The summed E-state index contributed by atoms with van der Waals surface area (Å²) >= 11 is 9.07. The van der Waals surface area contributed by atoms with E-state index < -0.39 is 0 Å². The Morgan fingerprint density at radius 2 is 2.12 bits per heavy atom. The van der Waals surface area contributed by atoms with Gasteiger partial charge in [0.15, 0.2) is 0 Å². The number of rotatable bonds is 3. The zero-order valence-electron chi connectivity index (χ0n) is 8.69. The number of halogens is 2. The molecule has 2 rings (SSSR count). The Labute approximate surface area is 112 Å². The fourth-order valence-corrected chi connectivity index (χ4v) is 1.89. The van der Waals surface area contributed by atoms with Crippen LogP contribution in [-0.4, -0.2) is 15.0 Å². The van der Waals surface area contributed by atoms with Crippen LogP contribution in [0.4, 0.5) is 11.9 Å². The van der Waals surface area contributed by atoms with Crippen LogP contribution in [0.25, 0.3) is 0 Å². The molecule has 1 aromatic carbocycles. The van der Waals surface area contributed by atoms with Crippen molar-refractivity contribution in [2.75, 3.05) is 11.1 Å². The summed E-state index contributed by atoms with van der Waals surface area (Å²) in [6.07, 6.45) is 0. The standard InChI is InChI=1S/C10H9BrClN5/c11-7-3-1-2-6(4-7)5-14-10-16-8(12)15-9(13)17-10/h1-4H,5H2,(H3,13,14,15,16,17). The van der Waals surface area contributed by atoms with Gasteiger partial charge in [0.2, 0.25) is 17.2 Å². The van der Waals surface area contributed by atoms with Crippen molar-refractivity contribution in [1.29, 1.82) is 0 Å². The average molecular weight is 315 g/mol. The summed E-state index contributed by atoms with van der Waals surface area (Å²) in [7, 11) is 0. The molecular weight excluding hydrogens is 306 g/mol. The van der Waals surface area contributed by atoms with Crippen LogP contribution in [0, 0.1) is 0 Å². The van der Waals surface area contributed by atoms with Crippen LogP contribution in [0.1, 0.15) is 5.56 Å². The lowest BCUT2D eigenvalue weighted by Gasteiger charge is -2.05. The highest BCUT2D eigenvalue weighted by atomic mass is 79.9. The normalized spacial score (nSPS) is 10.2. The van der Waals surface area contributed by atoms with Gasteiger partial charge in [0.25, 0.3) is 0 Å². The zero-order chi connectivity index (χ0) is 12.3. The molecule has 0 aliphatic heterocycles. The Morgan fingerprint density at radius 3 is 2.82 bits per heavy atom. The van der Waals surface area contributed by atoms with Crippen molar-refractivity contribution in [3.05, 3.63) is 39.6 Å². The Morgan fingerprint density at radius 1 is 1.29 bits per heavy atom. The minimum absolute atomic E-state index is 0.0780. The predicted octanol–water partition coefficient (Wildman–Crippen LogP) is 2.48. The van der Waals surface area contributed by atoms with E-state index in [1.165, 1.54) is 0 Å². The molecule has 0 saturated carbocycles. The van der Waals surface area contributed by atoms with E-state index in [1.54, 1.807) is 0 Å². The molecule has 5 nitrogen and oxygen atoms in total. The second kappa shape index (κ2) is 5.29. The Bertz CT molecular complexity index is 514. The van der Waals surface area contributed by atoms with E-state index in [1.807, 2.05) is 24.3 Å². The van der Waals surface area contributed by atoms with Crippen LogP contribution in [0.3, 0.4) is 0 Å². The van der Waals surface area contributed by atoms with Crippen LogP contribution in [0.5, 0.6) is 0 Å². The van der Waals surface area contributed by atoms with Crippen molar-refractivity contribution in [1.82, 2.24) is 15.0 Å². The van der Waals surface area contributed by atoms with Crippen LogP contribution in [-0.2, 0) is 6.54 Å². The number of nitrogens with two attached hydrogens (primary N) is 1. The maximum Gasteiger partial charge on any atom is 0.229 e. The van der Waals surface area contributed by atoms with Crippen LogP contribution < -0.4 is 11.1 Å². The van der Waals surface area contributed by atoms with Gasteiger partial charge >= 0.3 is 0 Å². The number of aromatic nitrogens is 3. The Kier molecular flexibility index (Phi) is 3.75. The minimum atomic E-state index is 0.0780. The topological polar surface area (TPSA) is 76.7 Å². The van der Waals surface area contributed by atoms with E-state index in [2.05, 4.69) is 36.2 Å². The third kappa shape index (κ3) is 3.54. The lowest BCUT2D eigenvalue weighted by Crippen LogP contribution is -2.07. The van der Waals surface area contributed by atoms with E-state index >= 15 is 0 Å². The number of nitrogens with zero attached hydrogens (tertiary/aromatic N) is 3. The summed E-state index contributed by atoms with van der Waals surface area (Å²) < 4.78 is 1.02. The number of nitrogens with one attached hydrogen (secondary N) is 1. The minimum Gasteiger partial charge on any atom is -0.368 e. The van der Waals surface area contributed by atoms with Crippen molar-refractivity contribution < 1.29 is 0 Å². The number of hydrogen-bond acceptors (Lipinski definition) is 5.